The predicted molar refractivity (Wildman–Crippen MR) is 49.3 cm³/mol. The van der Waals surface area contributed by atoms with Crippen LogP contribution in [0, 0.1) is 0 Å². The van der Waals surface area contributed by atoms with Gasteiger partial charge in [0.25, 0.3) is 5.91 Å². The number of rotatable bonds is 2. The summed E-state index contributed by atoms with van der Waals surface area (Å²) < 4.78 is 37.1. The number of anilines is 1. The first kappa shape index (κ1) is 12.4. The molecular formula is C8H9F3N4O. The maximum Gasteiger partial charge on any atom is 0.415 e. The number of carbonyl (C=O) groups is 1. The summed E-state index contributed by atoms with van der Waals surface area (Å²) in [5.41, 5.74) is 1.93. The van der Waals surface area contributed by atoms with E-state index in [2.05, 4.69) is 9.97 Å². The molecule has 1 atom stereocenters. The zero-order valence-electron chi connectivity index (χ0n) is 8.25. The Bertz CT molecular complexity index is 377. The lowest BCUT2D eigenvalue weighted by Gasteiger charge is -2.25. The summed E-state index contributed by atoms with van der Waals surface area (Å²) in [6.45, 7) is 0.582. The van der Waals surface area contributed by atoms with Crippen molar-refractivity contribution in [3.63, 3.8) is 0 Å². The van der Waals surface area contributed by atoms with Crippen molar-refractivity contribution in [2.24, 2.45) is 5.73 Å². The van der Waals surface area contributed by atoms with E-state index in [0.717, 1.165) is 6.20 Å². The smallest absolute Gasteiger partial charge is 0.310 e. The van der Waals surface area contributed by atoms with E-state index < -0.39 is 17.6 Å². The quantitative estimate of drug-likeness (QED) is 0.789. The summed E-state index contributed by atoms with van der Waals surface area (Å²) in [7, 11) is 0. The fourth-order valence-electron chi connectivity index (χ4n) is 0.739. The van der Waals surface area contributed by atoms with Crippen LogP contribution in [0.2, 0.25) is 0 Å². The van der Waals surface area contributed by atoms with Crippen molar-refractivity contribution >= 4 is 11.7 Å². The molecule has 0 radical (unpaired) electrons. The molecule has 88 valence electrons. The summed E-state index contributed by atoms with van der Waals surface area (Å²) >= 11 is 0. The summed E-state index contributed by atoms with van der Waals surface area (Å²) in [5, 5.41) is 1.93. The van der Waals surface area contributed by atoms with Gasteiger partial charge < -0.3 is 11.1 Å². The van der Waals surface area contributed by atoms with Crippen LogP contribution in [0.3, 0.4) is 0 Å². The monoisotopic (exact) mass is 234 g/mol. The molecular weight excluding hydrogens is 225 g/mol. The molecule has 0 bridgehead atoms. The molecule has 1 aromatic heterocycles. The predicted octanol–water partition coefficient (Wildman–Crippen LogP) is 0.695. The van der Waals surface area contributed by atoms with E-state index in [0.29, 0.717) is 6.92 Å². The van der Waals surface area contributed by atoms with E-state index in [1.165, 1.54) is 12.4 Å². The Balaban J connectivity index is 2.81. The molecule has 0 aliphatic rings. The van der Waals surface area contributed by atoms with Crippen molar-refractivity contribution < 1.29 is 18.0 Å². The third-order valence-corrected chi connectivity index (χ3v) is 1.87. The zero-order chi connectivity index (χ0) is 12.4. The fraction of sp³-hybridized carbons (Fsp3) is 0.375. The van der Waals surface area contributed by atoms with Crippen LogP contribution in [-0.4, -0.2) is 27.6 Å². The molecule has 1 unspecified atom stereocenters. The van der Waals surface area contributed by atoms with E-state index in [9.17, 15) is 18.0 Å². The highest BCUT2D eigenvalue weighted by atomic mass is 19.4. The Hall–Kier alpha value is -1.70. The Morgan fingerprint density at radius 1 is 1.44 bits per heavy atom. The minimum absolute atomic E-state index is 0.0894. The first-order valence-electron chi connectivity index (χ1n) is 4.18. The number of nitrogens with zero attached hydrogens (tertiary/aromatic N) is 2. The normalized spacial score (nSPS) is 15.3. The van der Waals surface area contributed by atoms with Crippen LogP contribution in [0.15, 0.2) is 18.6 Å². The van der Waals surface area contributed by atoms with Gasteiger partial charge in [-0.3, -0.25) is 9.78 Å². The van der Waals surface area contributed by atoms with Gasteiger partial charge in [0.1, 0.15) is 0 Å². The van der Waals surface area contributed by atoms with Gasteiger partial charge >= 0.3 is 6.18 Å². The second-order valence-corrected chi connectivity index (χ2v) is 3.24. The van der Waals surface area contributed by atoms with Crippen molar-refractivity contribution in [2.75, 3.05) is 5.32 Å². The molecule has 0 fully saturated rings. The summed E-state index contributed by atoms with van der Waals surface area (Å²) in [5.74, 6) is -1.48. The lowest BCUT2D eigenvalue weighted by Crippen LogP contribution is -2.59. The SMILES string of the molecule is CC(N)(C(=O)Nc1cnccn1)C(F)(F)F. The molecule has 8 heteroatoms. The highest BCUT2D eigenvalue weighted by molar-refractivity contribution is 5.97. The van der Waals surface area contributed by atoms with Crippen molar-refractivity contribution in [1.82, 2.24) is 9.97 Å². The van der Waals surface area contributed by atoms with Gasteiger partial charge in [0, 0.05) is 12.4 Å². The largest absolute Gasteiger partial charge is 0.415 e. The minimum Gasteiger partial charge on any atom is -0.310 e. The molecule has 1 rings (SSSR count). The average molecular weight is 234 g/mol. The lowest BCUT2D eigenvalue weighted by atomic mass is 10.0. The number of hydrogen-bond acceptors (Lipinski definition) is 4. The van der Waals surface area contributed by atoms with Gasteiger partial charge in [0.2, 0.25) is 0 Å². The van der Waals surface area contributed by atoms with Gasteiger partial charge in [0.15, 0.2) is 11.4 Å². The average Bonchev–Trinajstić information content (AvgIpc) is 2.17. The number of hydrogen-bond donors (Lipinski definition) is 2. The fourth-order valence-corrected chi connectivity index (χ4v) is 0.739. The van der Waals surface area contributed by atoms with Crippen molar-refractivity contribution in [1.29, 1.82) is 0 Å². The summed E-state index contributed by atoms with van der Waals surface area (Å²) in [6, 6.07) is 0. The molecule has 1 aromatic rings. The number of amides is 1. The maximum atomic E-state index is 12.4. The highest BCUT2D eigenvalue weighted by Gasteiger charge is 2.54. The van der Waals surface area contributed by atoms with Crippen LogP contribution in [0.4, 0.5) is 19.0 Å². The molecule has 0 aliphatic heterocycles. The van der Waals surface area contributed by atoms with Gasteiger partial charge in [-0.25, -0.2) is 4.98 Å². The number of carbonyl (C=O) groups excluding carboxylic acids is 1. The standard InChI is InChI=1S/C8H9F3N4O/c1-7(12,8(9,10)11)6(16)15-5-4-13-2-3-14-5/h2-4H,12H2,1H3,(H,14,15,16). The van der Waals surface area contributed by atoms with Crippen LogP contribution in [0.1, 0.15) is 6.92 Å². The molecule has 1 amide bonds. The number of nitrogens with two attached hydrogens (primary N) is 1. The Morgan fingerprint density at radius 2 is 2.06 bits per heavy atom. The van der Waals surface area contributed by atoms with Crippen LogP contribution in [0.5, 0.6) is 0 Å². The number of nitrogens with one attached hydrogen (secondary N) is 1. The van der Waals surface area contributed by atoms with Gasteiger partial charge in [0.05, 0.1) is 6.20 Å². The number of halogens is 3. The van der Waals surface area contributed by atoms with Gasteiger partial charge in [-0.15, -0.1) is 0 Å². The molecule has 5 nitrogen and oxygen atoms in total. The van der Waals surface area contributed by atoms with Crippen molar-refractivity contribution in [2.45, 2.75) is 18.6 Å². The minimum atomic E-state index is -4.83. The highest BCUT2D eigenvalue weighted by Crippen LogP contribution is 2.28. The molecule has 0 saturated heterocycles. The molecule has 0 saturated carbocycles. The first-order chi connectivity index (χ1) is 7.25. The van der Waals surface area contributed by atoms with Crippen molar-refractivity contribution in [3.8, 4) is 0 Å². The topological polar surface area (TPSA) is 80.9 Å². The van der Waals surface area contributed by atoms with E-state index >= 15 is 0 Å². The Morgan fingerprint density at radius 3 is 2.50 bits per heavy atom. The molecule has 16 heavy (non-hydrogen) atoms. The third kappa shape index (κ3) is 2.45. The van der Waals surface area contributed by atoms with E-state index in [4.69, 9.17) is 5.73 Å². The maximum absolute atomic E-state index is 12.4. The number of alkyl halides is 3. The molecule has 0 aromatic carbocycles. The van der Waals surface area contributed by atoms with E-state index in [1.807, 2.05) is 5.32 Å². The van der Waals surface area contributed by atoms with Crippen LogP contribution >= 0.6 is 0 Å². The van der Waals surface area contributed by atoms with Crippen molar-refractivity contribution in [3.05, 3.63) is 18.6 Å². The Labute approximate surface area is 88.9 Å². The van der Waals surface area contributed by atoms with Crippen LogP contribution in [-0.2, 0) is 4.79 Å². The second kappa shape index (κ2) is 4.05. The second-order valence-electron chi connectivity index (χ2n) is 3.24. The molecule has 1 heterocycles. The third-order valence-electron chi connectivity index (χ3n) is 1.87. The van der Waals surface area contributed by atoms with Gasteiger partial charge in [-0.1, -0.05) is 0 Å². The Kier molecular flexibility index (Phi) is 3.13. The summed E-state index contributed by atoms with van der Waals surface area (Å²) in [6.07, 6.45) is -1.16. The van der Waals surface area contributed by atoms with Gasteiger partial charge in [-0.05, 0) is 6.92 Å². The van der Waals surface area contributed by atoms with Gasteiger partial charge in [-0.2, -0.15) is 13.2 Å². The molecule has 0 spiro atoms. The van der Waals surface area contributed by atoms with E-state index in [-0.39, 0.29) is 5.82 Å². The lowest BCUT2D eigenvalue weighted by molar-refractivity contribution is -0.184. The van der Waals surface area contributed by atoms with E-state index in [1.54, 1.807) is 0 Å². The zero-order valence-corrected chi connectivity index (χ0v) is 8.25. The van der Waals surface area contributed by atoms with Crippen LogP contribution in [0.25, 0.3) is 0 Å². The van der Waals surface area contributed by atoms with Crippen LogP contribution < -0.4 is 11.1 Å². The molecule has 3 N–H and O–H groups in total. The summed E-state index contributed by atoms with van der Waals surface area (Å²) in [4.78, 5) is 18.4. The number of aromatic nitrogens is 2. The molecule has 0 aliphatic carbocycles. The first-order valence-corrected chi connectivity index (χ1v) is 4.18.